The topological polar surface area (TPSA) is 112 Å². The second kappa shape index (κ2) is 7.53. The smallest absolute Gasteiger partial charge is 0.335 e. The van der Waals surface area contributed by atoms with Gasteiger partial charge in [0.05, 0.1) is 32.2 Å². The number of methoxy groups -OCH3 is 1. The number of ether oxygens (including phenoxy) is 3. The van der Waals surface area contributed by atoms with Crippen molar-refractivity contribution in [2.24, 2.45) is 28.1 Å². The predicted molar refractivity (Wildman–Crippen MR) is 123 cm³/mol. The standard InChI is InChI=1S/C27H34O8/c1-14-16-7-9-25(4)22(15-8-10-33-13-15)34-19(29)12-27(14,25)35-18-11-17(28)24(2,3)21(26(16,18)5)20(30)23(31)32-6/h8,10,13,16,18,20-22,30H,1,7,9,11-12H2,2-6H3/t16-,18+,20+,21-,22-,25-,26-,27-/m0/s1. The summed E-state index contributed by atoms with van der Waals surface area (Å²) < 4.78 is 23.0. The molecule has 8 atom stereocenters. The van der Waals surface area contributed by atoms with Crippen molar-refractivity contribution in [2.45, 2.75) is 77.3 Å². The van der Waals surface area contributed by atoms with Crippen LogP contribution in [0.5, 0.6) is 0 Å². The van der Waals surface area contributed by atoms with Gasteiger partial charge in [0.15, 0.2) is 6.10 Å². The summed E-state index contributed by atoms with van der Waals surface area (Å²) >= 11 is 0. The van der Waals surface area contributed by atoms with Crippen molar-refractivity contribution in [2.75, 3.05) is 7.11 Å². The molecule has 1 N–H and O–H groups in total. The molecule has 2 aliphatic carbocycles. The first-order chi connectivity index (χ1) is 16.3. The molecule has 4 aliphatic rings. The van der Waals surface area contributed by atoms with Gasteiger partial charge in [0.1, 0.15) is 17.5 Å². The Bertz CT molecular complexity index is 1090. The molecule has 3 heterocycles. The molecule has 0 radical (unpaired) electrons. The molecular formula is C27H34O8. The molecule has 5 rings (SSSR count). The van der Waals surface area contributed by atoms with E-state index in [-0.39, 0.29) is 24.5 Å². The highest BCUT2D eigenvalue weighted by atomic mass is 16.6. The number of rotatable bonds is 3. The van der Waals surface area contributed by atoms with E-state index in [1.54, 1.807) is 32.4 Å². The minimum atomic E-state index is -1.50. The Morgan fingerprint density at radius 2 is 1.97 bits per heavy atom. The maximum atomic E-state index is 13.4. The van der Waals surface area contributed by atoms with E-state index in [4.69, 9.17) is 18.6 Å². The van der Waals surface area contributed by atoms with Gasteiger partial charge in [-0.2, -0.15) is 0 Å². The van der Waals surface area contributed by atoms with Crippen molar-refractivity contribution < 1.29 is 38.1 Å². The third-order valence-electron chi connectivity index (χ3n) is 9.96. The maximum absolute atomic E-state index is 13.4. The summed E-state index contributed by atoms with van der Waals surface area (Å²) in [5, 5.41) is 11.2. The molecule has 2 saturated carbocycles. The molecule has 4 fully saturated rings. The van der Waals surface area contributed by atoms with Crippen LogP contribution < -0.4 is 0 Å². The average Bonchev–Trinajstić information content (AvgIpc) is 3.32. The number of furan rings is 1. The fourth-order valence-electron chi connectivity index (χ4n) is 8.08. The van der Waals surface area contributed by atoms with Crippen LogP contribution >= 0.6 is 0 Å². The van der Waals surface area contributed by atoms with Gasteiger partial charge in [0, 0.05) is 34.1 Å². The number of ketones is 1. The summed E-state index contributed by atoms with van der Waals surface area (Å²) in [4.78, 5) is 39.0. The van der Waals surface area contributed by atoms with Gasteiger partial charge in [-0.3, -0.25) is 9.59 Å². The number of fused-ring (bicyclic) bond motifs is 3. The van der Waals surface area contributed by atoms with E-state index in [1.807, 2.05) is 6.92 Å². The van der Waals surface area contributed by atoms with Gasteiger partial charge >= 0.3 is 11.9 Å². The van der Waals surface area contributed by atoms with E-state index < -0.39 is 58.0 Å². The molecular weight excluding hydrogens is 452 g/mol. The number of hydrogen-bond donors (Lipinski definition) is 1. The first-order valence-electron chi connectivity index (χ1n) is 12.2. The lowest BCUT2D eigenvalue weighted by atomic mass is 9.41. The summed E-state index contributed by atoms with van der Waals surface area (Å²) in [5.74, 6) is -2.20. The molecule has 8 heteroatoms. The number of carbonyl (C=O) groups excluding carboxylic acids is 3. The fraction of sp³-hybridized carbons (Fsp3) is 0.667. The number of Topliss-reactive ketones (excluding diaryl/α,β-unsaturated/α-hetero) is 1. The Kier molecular flexibility index (Phi) is 5.22. The van der Waals surface area contributed by atoms with Gasteiger partial charge in [0.25, 0.3) is 0 Å². The van der Waals surface area contributed by atoms with Crippen LogP contribution in [0.1, 0.15) is 65.0 Å². The third kappa shape index (κ3) is 2.90. The second-order valence-corrected chi connectivity index (χ2v) is 11.7. The van der Waals surface area contributed by atoms with Crippen LogP contribution in [0.4, 0.5) is 0 Å². The molecule has 35 heavy (non-hydrogen) atoms. The van der Waals surface area contributed by atoms with Gasteiger partial charge < -0.3 is 23.7 Å². The molecule has 1 aromatic heterocycles. The van der Waals surface area contributed by atoms with E-state index in [0.29, 0.717) is 12.8 Å². The van der Waals surface area contributed by atoms with Crippen molar-refractivity contribution in [3.8, 4) is 0 Å². The van der Waals surface area contributed by atoms with Crippen LogP contribution in [-0.4, -0.2) is 47.7 Å². The molecule has 2 saturated heterocycles. The summed E-state index contributed by atoms with van der Waals surface area (Å²) in [6, 6.07) is 1.79. The Hall–Kier alpha value is -2.45. The van der Waals surface area contributed by atoms with Crippen molar-refractivity contribution in [3.63, 3.8) is 0 Å². The summed E-state index contributed by atoms with van der Waals surface area (Å²) in [6.07, 6.45) is 1.91. The van der Waals surface area contributed by atoms with Crippen molar-refractivity contribution >= 4 is 17.7 Å². The highest BCUT2D eigenvalue weighted by Gasteiger charge is 2.74. The minimum absolute atomic E-state index is 0.00156. The van der Waals surface area contributed by atoms with Crippen LogP contribution in [0.25, 0.3) is 0 Å². The van der Waals surface area contributed by atoms with Crippen molar-refractivity contribution in [1.82, 2.24) is 0 Å². The number of hydrogen-bond acceptors (Lipinski definition) is 8. The third-order valence-corrected chi connectivity index (χ3v) is 9.96. The highest BCUT2D eigenvalue weighted by molar-refractivity contribution is 5.88. The molecule has 2 aliphatic heterocycles. The summed E-state index contributed by atoms with van der Waals surface area (Å²) in [7, 11) is 1.23. The van der Waals surface area contributed by atoms with Crippen LogP contribution in [0, 0.1) is 28.1 Å². The molecule has 1 spiro atoms. The SMILES string of the molecule is C=C1[C@@H]2CC[C@@]3(C)[C@H](c4ccoc4)OC(=O)C[C@]13O[C@@H]1CC(=O)C(C)(C)[C@H]([C@@H](O)C(=O)OC)[C@]12C. The number of esters is 2. The van der Waals surface area contributed by atoms with E-state index in [2.05, 4.69) is 13.5 Å². The van der Waals surface area contributed by atoms with Crippen LogP contribution in [0.2, 0.25) is 0 Å². The zero-order chi connectivity index (χ0) is 25.6. The highest BCUT2D eigenvalue weighted by Crippen LogP contribution is 2.71. The van der Waals surface area contributed by atoms with E-state index in [0.717, 1.165) is 11.1 Å². The zero-order valence-corrected chi connectivity index (χ0v) is 21.0. The summed E-state index contributed by atoms with van der Waals surface area (Å²) in [6.45, 7) is 12.1. The van der Waals surface area contributed by atoms with Gasteiger partial charge in [-0.1, -0.05) is 34.3 Å². The van der Waals surface area contributed by atoms with Gasteiger partial charge in [0.2, 0.25) is 0 Å². The first-order valence-corrected chi connectivity index (χ1v) is 12.2. The Balaban J connectivity index is 1.65. The number of carbonyl (C=O) groups is 3. The number of cyclic esters (lactones) is 1. The van der Waals surface area contributed by atoms with Gasteiger partial charge in [-0.25, -0.2) is 4.79 Å². The quantitative estimate of drug-likeness (QED) is 0.510. The number of aliphatic hydroxyl groups is 1. The predicted octanol–water partition coefficient (Wildman–Crippen LogP) is 3.53. The molecule has 2 bridgehead atoms. The van der Waals surface area contributed by atoms with Crippen LogP contribution in [0.3, 0.4) is 0 Å². The van der Waals surface area contributed by atoms with E-state index in [1.165, 1.54) is 7.11 Å². The summed E-state index contributed by atoms with van der Waals surface area (Å²) in [5.41, 5.74) is -1.92. The fourth-order valence-corrected chi connectivity index (χ4v) is 8.08. The second-order valence-electron chi connectivity index (χ2n) is 11.7. The zero-order valence-electron chi connectivity index (χ0n) is 21.0. The van der Waals surface area contributed by atoms with Crippen molar-refractivity contribution in [3.05, 3.63) is 36.3 Å². The molecule has 8 nitrogen and oxygen atoms in total. The first kappa shape index (κ1) is 24.3. The monoisotopic (exact) mass is 486 g/mol. The molecule has 0 amide bonds. The van der Waals surface area contributed by atoms with Crippen LogP contribution in [0.15, 0.2) is 35.2 Å². The van der Waals surface area contributed by atoms with Gasteiger partial charge in [-0.05, 0) is 30.4 Å². The Morgan fingerprint density at radius 3 is 2.60 bits per heavy atom. The maximum Gasteiger partial charge on any atom is 0.335 e. The Labute approximate surface area is 205 Å². The largest absolute Gasteiger partial charge is 0.472 e. The number of aliphatic hydroxyl groups excluding tert-OH is 1. The average molecular weight is 487 g/mol. The van der Waals surface area contributed by atoms with Crippen LogP contribution in [-0.2, 0) is 28.6 Å². The molecule has 0 unspecified atom stereocenters. The lowest BCUT2D eigenvalue weighted by molar-refractivity contribution is -0.303. The minimum Gasteiger partial charge on any atom is -0.472 e. The lowest BCUT2D eigenvalue weighted by Crippen LogP contribution is -2.74. The Morgan fingerprint density at radius 1 is 1.26 bits per heavy atom. The lowest BCUT2D eigenvalue weighted by Gasteiger charge is -2.70. The molecule has 1 aromatic rings. The molecule has 0 aromatic carbocycles. The normalized spacial score (nSPS) is 43.0. The van der Waals surface area contributed by atoms with Gasteiger partial charge in [-0.15, -0.1) is 0 Å². The van der Waals surface area contributed by atoms with E-state index >= 15 is 0 Å². The molecule has 190 valence electrons. The van der Waals surface area contributed by atoms with Crippen molar-refractivity contribution in [1.29, 1.82) is 0 Å². The van der Waals surface area contributed by atoms with E-state index in [9.17, 15) is 19.5 Å².